The summed E-state index contributed by atoms with van der Waals surface area (Å²) in [4.78, 5) is 15.8. The molecular weight excluding hydrogens is 252 g/mol. The van der Waals surface area contributed by atoms with Gasteiger partial charge in [-0.25, -0.2) is 4.98 Å². The first-order valence-corrected chi connectivity index (χ1v) is 7.04. The second-order valence-electron chi connectivity index (χ2n) is 4.55. The number of carbonyl (C=O) groups is 1. The summed E-state index contributed by atoms with van der Waals surface area (Å²) in [5.41, 5.74) is 0.329. The average Bonchev–Trinajstić information content (AvgIpc) is 2.85. The number of carboxylic acids is 1. The van der Waals surface area contributed by atoms with Gasteiger partial charge in [0.2, 0.25) is 0 Å². The fourth-order valence-corrected chi connectivity index (χ4v) is 2.82. The van der Waals surface area contributed by atoms with Crippen LogP contribution in [-0.4, -0.2) is 35.8 Å². The van der Waals surface area contributed by atoms with Crippen LogP contribution in [0.4, 0.5) is 5.13 Å². The Bertz CT molecular complexity index is 413. The highest BCUT2D eigenvalue weighted by atomic mass is 32.1. The molecule has 0 aromatic carbocycles. The summed E-state index contributed by atoms with van der Waals surface area (Å²) in [6.07, 6.45) is 2.01. The molecule has 0 atom stereocenters. The molecule has 1 aromatic heterocycles. The Balaban J connectivity index is 1.99. The van der Waals surface area contributed by atoms with Gasteiger partial charge in [-0.05, 0) is 19.3 Å². The van der Waals surface area contributed by atoms with Gasteiger partial charge in [-0.15, -0.1) is 11.3 Å². The number of nitrogens with one attached hydrogen (secondary N) is 1. The molecule has 0 amide bonds. The van der Waals surface area contributed by atoms with Crippen LogP contribution in [0.25, 0.3) is 0 Å². The largest absolute Gasteiger partial charge is 0.481 e. The van der Waals surface area contributed by atoms with Crippen LogP contribution in [0.15, 0.2) is 5.38 Å². The molecule has 0 aliphatic carbocycles. The molecule has 1 fully saturated rings. The van der Waals surface area contributed by atoms with Gasteiger partial charge < -0.3 is 15.2 Å². The SMILES string of the molecule is CCc1csc(NCC2(C(=O)O)CCOCC2)n1. The number of aromatic nitrogens is 1. The topological polar surface area (TPSA) is 71.5 Å². The number of hydrogen-bond donors (Lipinski definition) is 2. The third-order valence-electron chi connectivity index (χ3n) is 3.40. The van der Waals surface area contributed by atoms with Gasteiger partial charge >= 0.3 is 5.97 Å². The maximum atomic E-state index is 11.4. The summed E-state index contributed by atoms with van der Waals surface area (Å²) in [5, 5.41) is 15.4. The average molecular weight is 270 g/mol. The Morgan fingerprint density at radius 2 is 2.33 bits per heavy atom. The van der Waals surface area contributed by atoms with Gasteiger partial charge in [0.15, 0.2) is 5.13 Å². The summed E-state index contributed by atoms with van der Waals surface area (Å²) in [5.74, 6) is -0.745. The van der Waals surface area contributed by atoms with Crippen LogP contribution in [-0.2, 0) is 16.0 Å². The van der Waals surface area contributed by atoms with Crippen molar-refractivity contribution in [1.82, 2.24) is 4.98 Å². The third-order valence-corrected chi connectivity index (χ3v) is 4.24. The van der Waals surface area contributed by atoms with Gasteiger partial charge in [0.05, 0.1) is 11.1 Å². The van der Waals surface area contributed by atoms with Crippen molar-refractivity contribution in [2.24, 2.45) is 5.41 Å². The monoisotopic (exact) mass is 270 g/mol. The summed E-state index contributed by atoms with van der Waals surface area (Å²) in [6.45, 7) is 3.51. The van der Waals surface area contributed by atoms with Crippen molar-refractivity contribution in [3.63, 3.8) is 0 Å². The van der Waals surface area contributed by atoms with Gasteiger partial charge in [-0.3, -0.25) is 4.79 Å². The van der Waals surface area contributed by atoms with Crippen molar-refractivity contribution in [1.29, 1.82) is 0 Å². The Kier molecular flexibility index (Phi) is 4.19. The van der Waals surface area contributed by atoms with Crippen molar-refractivity contribution in [2.75, 3.05) is 25.1 Å². The molecular formula is C12H18N2O3S. The van der Waals surface area contributed by atoms with E-state index in [1.807, 2.05) is 5.38 Å². The molecule has 2 N–H and O–H groups in total. The number of rotatable bonds is 5. The van der Waals surface area contributed by atoms with Crippen LogP contribution in [0.5, 0.6) is 0 Å². The standard InChI is InChI=1S/C12H18N2O3S/c1-2-9-7-18-11(14-9)13-8-12(10(15)16)3-5-17-6-4-12/h7H,2-6,8H2,1H3,(H,13,14)(H,15,16). The van der Waals surface area contributed by atoms with E-state index >= 15 is 0 Å². The molecule has 0 bridgehead atoms. The van der Waals surface area contributed by atoms with Crippen LogP contribution < -0.4 is 5.32 Å². The van der Waals surface area contributed by atoms with Crippen molar-refractivity contribution >= 4 is 22.4 Å². The lowest BCUT2D eigenvalue weighted by atomic mass is 9.80. The Morgan fingerprint density at radius 3 is 2.89 bits per heavy atom. The zero-order chi connectivity index (χ0) is 13.0. The molecule has 1 aromatic rings. The zero-order valence-corrected chi connectivity index (χ0v) is 11.3. The molecule has 0 spiro atoms. The molecule has 0 saturated carbocycles. The van der Waals surface area contributed by atoms with Crippen molar-refractivity contribution in [3.8, 4) is 0 Å². The molecule has 18 heavy (non-hydrogen) atoms. The molecule has 1 aliphatic heterocycles. The minimum atomic E-state index is -0.745. The molecule has 0 unspecified atom stereocenters. The lowest BCUT2D eigenvalue weighted by molar-refractivity contribution is -0.153. The van der Waals surface area contributed by atoms with E-state index in [-0.39, 0.29) is 0 Å². The van der Waals surface area contributed by atoms with Gasteiger partial charge in [0.25, 0.3) is 0 Å². The summed E-state index contributed by atoms with van der Waals surface area (Å²) in [7, 11) is 0. The predicted molar refractivity (Wildman–Crippen MR) is 70.1 cm³/mol. The zero-order valence-electron chi connectivity index (χ0n) is 10.4. The number of ether oxygens (including phenoxy) is 1. The number of nitrogens with zero attached hydrogens (tertiary/aromatic N) is 1. The minimum absolute atomic E-state index is 0.419. The lowest BCUT2D eigenvalue weighted by Gasteiger charge is -2.33. The van der Waals surface area contributed by atoms with E-state index in [0.29, 0.717) is 32.6 Å². The maximum Gasteiger partial charge on any atom is 0.311 e. The number of aryl methyl sites for hydroxylation is 1. The number of thiazole rings is 1. The normalized spacial score (nSPS) is 18.5. The molecule has 2 rings (SSSR count). The van der Waals surface area contributed by atoms with E-state index in [4.69, 9.17) is 4.74 Å². The van der Waals surface area contributed by atoms with Gasteiger partial charge in [-0.1, -0.05) is 6.92 Å². The van der Waals surface area contributed by atoms with Crippen molar-refractivity contribution < 1.29 is 14.6 Å². The number of carboxylic acid groups (broad SMARTS) is 1. The van der Waals surface area contributed by atoms with E-state index in [0.717, 1.165) is 17.2 Å². The predicted octanol–water partition coefficient (Wildman–Crippen LogP) is 2.00. The quantitative estimate of drug-likeness (QED) is 0.856. The Labute approximate surface area is 110 Å². The second kappa shape index (κ2) is 5.67. The van der Waals surface area contributed by atoms with Gasteiger partial charge in [0, 0.05) is 25.1 Å². The molecule has 5 nitrogen and oxygen atoms in total. The van der Waals surface area contributed by atoms with Gasteiger partial charge in [-0.2, -0.15) is 0 Å². The molecule has 2 heterocycles. The number of aliphatic carboxylic acids is 1. The van der Waals surface area contributed by atoms with Crippen LogP contribution in [0, 0.1) is 5.41 Å². The van der Waals surface area contributed by atoms with Crippen LogP contribution >= 0.6 is 11.3 Å². The summed E-state index contributed by atoms with van der Waals surface area (Å²) >= 11 is 1.53. The fraction of sp³-hybridized carbons (Fsp3) is 0.667. The molecule has 6 heteroatoms. The van der Waals surface area contributed by atoms with Crippen molar-refractivity contribution in [2.45, 2.75) is 26.2 Å². The minimum Gasteiger partial charge on any atom is -0.481 e. The maximum absolute atomic E-state index is 11.4. The van der Waals surface area contributed by atoms with E-state index in [2.05, 4.69) is 17.2 Å². The van der Waals surface area contributed by atoms with Crippen LogP contribution in [0.1, 0.15) is 25.5 Å². The lowest BCUT2D eigenvalue weighted by Crippen LogP contribution is -2.42. The molecule has 0 radical (unpaired) electrons. The molecule has 100 valence electrons. The van der Waals surface area contributed by atoms with Crippen LogP contribution in [0.3, 0.4) is 0 Å². The second-order valence-corrected chi connectivity index (χ2v) is 5.41. The van der Waals surface area contributed by atoms with E-state index in [1.54, 1.807) is 0 Å². The highest BCUT2D eigenvalue weighted by Gasteiger charge is 2.40. The summed E-state index contributed by atoms with van der Waals surface area (Å²) < 4.78 is 5.24. The summed E-state index contributed by atoms with van der Waals surface area (Å²) in [6, 6.07) is 0. The van der Waals surface area contributed by atoms with E-state index in [1.165, 1.54) is 11.3 Å². The van der Waals surface area contributed by atoms with E-state index < -0.39 is 11.4 Å². The number of hydrogen-bond acceptors (Lipinski definition) is 5. The highest BCUT2D eigenvalue weighted by molar-refractivity contribution is 7.13. The van der Waals surface area contributed by atoms with Gasteiger partial charge in [0.1, 0.15) is 0 Å². The van der Waals surface area contributed by atoms with Crippen LogP contribution in [0.2, 0.25) is 0 Å². The molecule has 1 saturated heterocycles. The first-order valence-electron chi connectivity index (χ1n) is 6.16. The van der Waals surface area contributed by atoms with Crippen molar-refractivity contribution in [3.05, 3.63) is 11.1 Å². The molecule has 1 aliphatic rings. The number of anilines is 1. The van der Waals surface area contributed by atoms with E-state index in [9.17, 15) is 9.90 Å². The third kappa shape index (κ3) is 2.81. The first-order chi connectivity index (χ1) is 8.66. The fourth-order valence-electron chi connectivity index (χ4n) is 2.02. The Hall–Kier alpha value is -1.14. The Morgan fingerprint density at radius 1 is 1.61 bits per heavy atom. The smallest absolute Gasteiger partial charge is 0.311 e. The first kappa shape index (κ1) is 13.3. The highest BCUT2D eigenvalue weighted by Crippen LogP contribution is 2.31.